The number of halogens is 2. The number of hydrogen-bond donors (Lipinski definition) is 5. The van der Waals surface area contributed by atoms with Crippen molar-refractivity contribution in [2.24, 2.45) is 10.8 Å². The van der Waals surface area contributed by atoms with Gasteiger partial charge in [0.15, 0.2) is 5.60 Å². The van der Waals surface area contributed by atoms with Gasteiger partial charge in [-0.1, -0.05) is 97.0 Å². The standard InChI is InChI=1S/C41H56F2N6O5/c1-10-40(8,53-21-19-42)36(51)48-32(38(2,3)4)34-44-23-30(46-34)28-15-11-26(12-16-28)27-13-17-29(18-14-27)31-24-45-35(47-31)33(39(5,6)7)49-37(52)41(9,25-50)54-22-20-43/h11-18,23-24,32-33,50H,10,19-22,25H2,1-9H3,(H,44,46)(H,45,47)(H,48,51)(H,49,52)/t32-,33-,40?,41?/m1/s1. The number of carbonyl (C=O) groups excluding carboxylic acids is 2. The predicted octanol–water partition coefficient (Wildman–Crippen LogP) is 7.43. The zero-order valence-corrected chi connectivity index (χ0v) is 32.9. The average Bonchev–Trinajstić information content (AvgIpc) is 3.84. The fourth-order valence-corrected chi connectivity index (χ4v) is 5.94. The molecule has 4 atom stereocenters. The van der Waals surface area contributed by atoms with Crippen LogP contribution in [0, 0.1) is 10.8 Å². The summed E-state index contributed by atoms with van der Waals surface area (Å²) >= 11 is 0. The molecule has 11 nitrogen and oxygen atoms in total. The number of carbonyl (C=O) groups is 2. The first kappa shape index (κ1) is 42.3. The van der Waals surface area contributed by atoms with Gasteiger partial charge in [-0.3, -0.25) is 9.59 Å². The lowest BCUT2D eigenvalue weighted by atomic mass is 9.85. The van der Waals surface area contributed by atoms with Crippen LogP contribution in [-0.4, -0.2) is 81.2 Å². The molecule has 0 aliphatic carbocycles. The van der Waals surface area contributed by atoms with E-state index >= 15 is 0 Å². The van der Waals surface area contributed by atoms with E-state index in [1.165, 1.54) is 6.92 Å². The normalized spacial score (nSPS) is 15.6. The number of amides is 2. The van der Waals surface area contributed by atoms with Crippen LogP contribution >= 0.6 is 0 Å². The number of hydrogen-bond acceptors (Lipinski definition) is 7. The lowest BCUT2D eigenvalue weighted by molar-refractivity contribution is -0.152. The minimum Gasteiger partial charge on any atom is -0.393 e. The summed E-state index contributed by atoms with van der Waals surface area (Å²) in [5.41, 5.74) is 1.82. The smallest absolute Gasteiger partial charge is 0.254 e. The van der Waals surface area contributed by atoms with Crippen LogP contribution in [0.2, 0.25) is 0 Å². The molecule has 54 heavy (non-hydrogen) atoms. The lowest BCUT2D eigenvalue weighted by Crippen LogP contribution is -2.52. The fourth-order valence-electron chi connectivity index (χ4n) is 5.94. The predicted molar refractivity (Wildman–Crippen MR) is 206 cm³/mol. The molecule has 0 saturated heterocycles. The monoisotopic (exact) mass is 750 g/mol. The first-order valence-electron chi connectivity index (χ1n) is 18.3. The molecule has 5 N–H and O–H groups in total. The first-order chi connectivity index (χ1) is 25.4. The highest BCUT2D eigenvalue weighted by molar-refractivity contribution is 5.86. The molecule has 0 fully saturated rings. The van der Waals surface area contributed by atoms with Gasteiger partial charge in [-0.15, -0.1) is 0 Å². The summed E-state index contributed by atoms with van der Waals surface area (Å²) in [4.78, 5) is 42.4. The number of rotatable bonds is 17. The zero-order chi connectivity index (χ0) is 39.9. The van der Waals surface area contributed by atoms with Gasteiger partial charge in [-0.2, -0.15) is 0 Å². The van der Waals surface area contributed by atoms with Gasteiger partial charge in [0.25, 0.3) is 11.8 Å². The number of aromatic nitrogens is 4. The number of nitrogens with zero attached hydrogens (tertiary/aromatic N) is 2. The van der Waals surface area contributed by atoms with Crippen molar-refractivity contribution >= 4 is 11.8 Å². The van der Waals surface area contributed by atoms with Crippen LogP contribution in [-0.2, 0) is 19.1 Å². The van der Waals surface area contributed by atoms with Crippen LogP contribution in [0.1, 0.15) is 92.5 Å². The molecule has 4 rings (SSSR count). The van der Waals surface area contributed by atoms with Crippen molar-refractivity contribution in [3.8, 4) is 33.6 Å². The third kappa shape index (κ3) is 9.99. The van der Waals surface area contributed by atoms with Gasteiger partial charge in [-0.25, -0.2) is 18.7 Å². The summed E-state index contributed by atoms with van der Waals surface area (Å²) in [6.07, 6.45) is 3.86. The molecular weight excluding hydrogens is 694 g/mol. The average molecular weight is 751 g/mol. The van der Waals surface area contributed by atoms with E-state index in [4.69, 9.17) is 9.47 Å². The number of benzene rings is 2. The Bertz CT molecular complexity index is 1700. The van der Waals surface area contributed by atoms with Gasteiger partial charge >= 0.3 is 0 Å². The molecule has 13 heteroatoms. The number of nitrogens with one attached hydrogen (secondary N) is 4. The SMILES string of the molecule is CCC(C)(OCCF)C(=O)N[C@H](c1ncc(-c2ccc(-c3ccc(-c4cnc([C@@H](NC(=O)C(C)(CO)OCCF)C(C)(C)C)[nH]4)cc3)cc2)[nH]1)C(C)(C)C. The fraction of sp³-hybridized carbons (Fsp3) is 0.512. The Morgan fingerprint density at radius 1 is 0.667 bits per heavy atom. The summed E-state index contributed by atoms with van der Waals surface area (Å²) < 4.78 is 36.6. The number of alkyl halides is 2. The molecule has 2 amide bonds. The Kier molecular flexibility index (Phi) is 13.6. The quantitative estimate of drug-likeness (QED) is 0.0752. The van der Waals surface area contributed by atoms with Crippen molar-refractivity contribution < 1.29 is 33.0 Å². The Labute approximate surface area is 317 Å². The number of aromatic amines is 2. The molecule has 0 aliphatic rings. The number of H-pyrrole nitrogens is 2. The molecule has 0 saturated carbocycles. The maximum Gasteiger partial charge on any atom is 0.254 e. The molecule has 2 unspecified atom stereocenters. The first-order valence-corrected chi connectivity index (χ1v) is 18.3. The van der Waals surface area contributed by atoms with Crippen molar-refractivity contribution in [2.75, 3.05) is 33.2 Å². The van der Waals surface area contributed by atoms with Crippen LogP contribution in [0.15, 0.2) is 60.9 Å². The van der Waals surface area contributed by atoms with Gasteiger partial charge < -0.3 is 35.2 Å². The third-order valence-electron chi connectivity index (χ3n) is 9.68. The highest BCUT2D eigenvalue weighted by Crippen LogP contribution is 2.35. The molecule has 0 radical (unpaired) electrons. The second kappa shape index (κ2) is 17.3. The van der Waals surface area contributed by atoms with Crippen LogP contribution in [0.4, 0.5) is 8.78 Å². The van der Waals surface area contributed by atoms with Crippen molar-refractivity contribution in [1.82, 2.24) is 30.6 Å². The Morgan fingerprint density at radius 2 is 1.02 bits per heavy atom. The maximum atomic E-state index is 13.3. The van der Waals surface area contributed by atoms with Crippen molar-refractivity contribution in [2.45, 2.75) is 92.0 Å². The van der Waals surface area contributed by atoms with Gasteiger partial charge in [0, 0.05) is 0 Å². The maximum absolute atomic E-state index is 13.3. The number of aliphatic hydroxyl groups excluding tert-OH is 1. The summed E-state index contributed by atoms with van der Waals surface area (Å²) in [5, 5.41) is 15.9. The molecule has 294 valence electrons. The molecule has 0 spiro atoms. The van der Waals surface area contributed by atoms with Gasteiger partial charge in [0.1, 0.15) is 30.6 Å². The van der Waals surface area contributed by atoms with Gasteiger partial charge in [0.2, 0.25) is 0 Å². The number of imidazole rings is 2. The zero-order valence-electron chi connectivity index (χ0n) is 32.9. The highest BCUT2D eigenvalue weighted by atomic mass is 19.1. The highest BCUT2D eigenvalue weighted by Gasteiger charge is 2.40. The second-order valence-electron chi connectivity index (χ2n) is 16.1. The van der Waals surface area contributed by atoms with Gasteiger partial charge in [0.05, 0.1) is 55.7 Å². The van der Waals surface area contributed by atoms with E-state index < -0.39 is 54.6 Å². The molecule has 2 aromatic carbocycles. The number of aliphatic hydroxyl groups is 1. The molecule has 2 heterocycles. The molecule has 0 bridgehead atoms. The summed E-state index contributed by atoms with van der Waals surface area (Å²) in [6, 6.07) is 15.1. The van der Waals surface area contributed by atoms with E-state index in [2.05, 4.69) is 30.6 Å². The Morgan fingerprint density at radius 3 is 1.35 bits per heavy atom. The van der Waals surface area contributed by atoms with Crippen molar-refractivity contribution in [3.05, 3.63) is 72.6 Å². The largest absolute Gasteiger partial charge is 0.393 e. The van der Waals surface area contributed by atoms with Gasteiger partial charge in [-0.05, 0) is 53.4 Å². The molecular formula is C41H56F2N6O5. The summed E-state index contributed by atoms with van der Waals surface area (Å²) in [7, 11) is 0. The van der Waals surface area contributed by atoms with E-state index in [0.29, 0.717) is 18.1 Å². The molecule has 2 aromatic heterocycles. The van der Waals surface area contributed by atoms with E-state index in [0.717, 1.165) is 33.6 Å². The Hall–Kier alpha value is -4.46. The molecule has 4 aromatic rings. The minimum absolute atomic E-state index is 0.149. The summed E-state index contributed by atoms with van der Waals surface area (Å²) in [5.74, 6) is 0.271. The van der Waals surface area contributed by atoms with Crippen molar-refractivity contribution in [3.63, 3.8) is 0 Å². The minimum atomic E-state index is -1.60. The van der Waals surface area contributed by atoms with E-state index in [9.17, 15) is 23.5 Å². The lowest BCUT2D eigenvalue weighted by Gasteiger charge is -2.34. The van der Waals surface area contributed by atoms with Crippen molar-refractivity contribution in [1.29, 1.82) is 0 Å². The van der Waals surface area contributed by atoms with Crippen LogP contribution in [0.5, 0.6) is 0 Å². The Balaban J connectivity index is 1.48. The summed E-state index contributed by atoms with van der Waals surface area (Å²) in [6.45, 7) is 14.4. The second-order valence-corrected chi connectivity index (χ2v) is 16.1. The molecule has 0 aliphatic heterocycles. The van der Waals surface area contributed by atoms with E-state index in [1.54, 1.807) is 19.3 Å². The van der Waals surface area contributed by atoms with E-state index in [1.807, 2.05) is 97.0 Å². The number of ether oxygens (including phenoxy) is 2. The topological polar surface area (TPSA) is 154 Å². The van der Waals surface area contributed by atoms with E-state index in [-0.39, 0.29) is 24.5 Å². The van der Waals surface area contributed by atoms with Crippen LogP contribution < -0.4 is 10.6 Å². The third-order valence-corrected chi connectivity index (χ3v) is 9.68. The van der Waals surface area contributed by atoms with Crippen LogP contribution in [0.3, 0.4) is 0 Å². The van der Waals surface area contributed by atoms with Crippen LogP contribution in [0.25, 0.3) is 33.6 Å².